The van der Waals surface area contributed by atoms with Crippen LogP contribution in [0.3, 0.4) is 0 Å². The molecule has 2 aromatic carbocycles. The van der Waals surface area contributed by atoms with Crippen molar-refractivity contribution in [2.24, 2.45) is 0 Å². The number of amides is 1. The Labute approximate surface area is 182 Å². The second-order valence-corrected chi connectivity index (χ2v) is 9.44. The Hall–Kier alpha value is -2.66. The lowest BCUT2D eigenvalue weighted by Gasteiger charge is -2.41. The van der Waals surface area contributed by atoms with Crippen LogP contribution >= 0.6 is 11.3 Å². The summed E-state index contributed by atoms with van der Waals surface area (Å²) in [4.78, 5) is 22.3. The molecule has 0 radical (unpaired) electrons. The van der Waals surface area contributed by atoms with E-state index in [1.165, 1.54) is 29.1 Å². The zero-order chi connectivity index (χ0) is 20.7. The maximum Gasteiger partial charge on any atom is 0.253 e. The highest BCUT2D eigenvalue weighted by atomic mass is 32.1. The molecule has 0 spiro atoms. The lowest BCUT2D eigenvalue weighted by atomic mass is 10.1. The Morgan fingerprint density at radius 1 is 1.10 bits per heavy atom. The molecule has 1 aromatic heterocycles. The molecule has 5 heteroatoms. The van der Waals surface area contributed by atoms with Crippen molar-refractivity contribution in [2.75, 3.05) is 24.5 Å². The Morgan fingerprint density at radius 2 is 1.90 bits per heavy atom. The first-order chi connectivity index (χ1) is 14.6. The zero-order valence-corrected chi connectivity index (χ0v) is 18.4. The summed E-state index contributed by atoms with van der Waals surface area (Å²) in [6.45, 7) is 6.67. The van der Waals surface area contributed by atoms with Crippen LogP contribution in [0.25, 0.3) is 11.3 Å². The van der Waals surface area contributed by atoms with Crippen LogP contribution in [0, 0.1) is 6.92 Å². The van der Waals surface area contributed by atoms with E-state index in [1.807, 2.05) is 29.2 Å². The first-order valence-corrected chi connectivity index (χ1v) is 11.6. The van der Waals surface area contributed by atoms with Crippen molar-refractivity contribution in [3.63, 3.8) is 0 Å². The third kappa shape index (κ3) is 3.86. The zero-order valence-electron chi connectivity index (χ0n) is 17.5. The molecule has 1 unspecified atom stereocenters. The molecule has 0 N–H and O–H groups in total. The summed E-state index contributed by atoms with van der Waals surface area (Å²) in [7, 11) is 0. The van der Waals surface area contributed by atoms with Gasteiger partial charge in [-0.3, -0.25) is 4.79 Å². The van der Waals surface area contributed by atoms with Gasteiger partial charge in [0.05, 0.1) is 10.7 Å². The average Bonchev–Trinajstić information content (AvgIpc) is 3.50. The molecular weight excluding hydrogens is 390 g/mol. The van der Waals surface area contributed by atoms with Crippen molar-refractivity contribution in [3.05, 3.63) is 70.0 Å². The second kappa shape index (κ2) is 7.88. The molecular formula is C25H27N3OS. The summed E-state index contributed by atoms with van der Waals surface area (Å²) in [5.41, 5.74) is 5.39. The van der Waals surface area contributed by atoms with Crippen molar-refractivity contribution >= 4 is 22.9 Å². The van der Waals surface area contributed by atoms with Crippen LogP contribution in [-0.2, 0) is 0 Å². The fourth-order valence-electron chi connectivity index (χ4n) is 4.24. The molecule has 3 aromatic rings. The lowest BCUT2D eigenvalue weighted by Crippen LogP contribution is -2.53. The van der Waals surface area contributed by atoms with Gasteiger partial charge in [0.25, 0.3) is 5.91 Å². The number of aromatic nitrogens is 1. The Balaban J connectivity index is 1.25. The Morgan fingerprint density at radius 3 is 2.60 bits per heavy atom. The van der Waals surface area contributed by atoms with Crippen molar-refractivity contribution in [1.82, 2.24) is 9.88 Å². The molecule has 0 bridgehead atoms. The van der Waals surface area contributed by atoms with E-state index in [1.54, 1.807) is 11.3 Å². The van der Waals surface area contributed by atoms with Gasteiger partial charge in [-0.15, -0.1) is 11.3 Å². The molecule has 2 aliphatic rings. The third-order valence-corrected chi connectivity index (χ3v) is 7.13. The van der Waals surface area contributed by atoms with Crippen LogP contribution in [0.2, 0.25) is 0 Å². The van der Waals surface area contributed by atoms with E-state index in [4.69, 9.17) is 4.98 Å². The largest absolute Gasteiger partial charge is 0.365 e. The molecule has 1 saturated carbocycles. The summed E-state index contributed by atoms with van der Waals surface area (Å²) in [6.07, 6.45) is 2.55. The maximum absolute atomic E-state index is 13.1. The minimum Gasteiger partial charge on any atom is -0.365 e. The first kappa shape index (κ1) is 19.3. The number of anilines is 1. The lowest BCUT2D eigenvalue weighted by molar-refractivity contribution is 0.0726. The number of piperazine rings is 1. The number of hydrogen-bond donors (Lipinski definition) is 0. The number of thiazole rings is 1. The monoisotopic (exact) mass is 417 g/mol. The third-order valence-electron chi connectivity index (χ3n) is 6.12. The average molecular weight is 418 g/mol. The van der Waals surface area contributed by atoms with Gasteiger partial charge in [-0.2, -0.15) is 0 Å². The summed E-state index contributed by atoms with van der Waals surface area (Å²) in [5.74, 6) is 0.805. The fourth-order valence-corrected chi connectivity index (χ4v) is 5.24. The predicted octanol–water partition coefficient (Wildman–Crippen LogP) is 5.35. The molecule has 30 heavy (non-hydrogen) atoms. The van der Waals surface area contributed by atoms with Crippen LogP contribution in [0.4, 0.5) is 5.69 Å². The summed E-state index contributed by atoms with van der Waals surface area (Å²) in [6, 6.07) is 16.9. The van der Waals surface area contributed by atoms with Crippen LogP contribution in [0.1, 0.15) is 46.6 Å². The van der Waals surface area contributed by atoms with E-state index in [-0.39, 0.29) is 5.91 Å². The van der Waals surface area contributed by atoms with Gasteiger partial charge < -0.3 is 9.80 Å². The molecule has 1 aliphatic carbocycles. The molecule has 5 rings (SSSR count). The maximum atomic E-state index is 13.1. The molecule has 1 amide bonds. The van der Waals surface area contributed by atoms with Crippen LogP contribution in [0.5, 0.6) is 0 Å². The summed E-state index contributed by atoms with van der Waals surface area (Å²) < 4.78 is 0. The van der Waals surface area contributed by atoms with Gasteiger partial charge in [0.15, 0.2) is 0 Å². The number of carbonyl (C=O) groups excluding carboxylic acids is 1. The molecule has 2 fully saturated rings. The SMILES string of the molecule is Cc1cccc(N2CCN(C(=O)c3ccc(-c4csc(C5CC5)n4)cc3)CC2C)c1. The number of aryl methyl sites for hydroxylation is 1. The number of carbonyl (C=O) groups is 1. The minimum atomic E-state index is 0.120. The van der Waals surface area contributed by atoms with Gasteiger partial charge in [-0.05, 0) is 56.5 Å². The van der Waals surface area contributed by atoms with Crippen molar-refractivity contribution in [3.8, 4) is 11.3 Å². The van der Waals surface area contributed by atoms with Gasteiger partial charge >= 0.3 is 0 Å². The topological polar surface area (TPSA) is 36.4 Å². The number of hydrogen-bond acceptors (Lipinski definition) is 4. The number of nitrogens with zero attached hydrogens (tertiary/aromatic N) is 3. The Bertz CT molecular complexity index is 1050. The number of rotatable bonds is 4. The van der Waals surface area contributed by atoms with Gasteiger partial charge in [0.2, 0.25) is 0 Å². The Kier molecular flexibility index (Phi) is 5.07. The highest BCUT2D eigenvalue weighted by Gasteiger charge is 2.28. The van der Waals surface area contributed by atoms with Crippen LogP contribution in [-0.4, -0.2) is 41.5 Å². The normalized spacial score (nSPS) is 19.2. The summed E-state index contributed by atoms with van der Waals surface area (Å²) in [5, 5.41) is 3.39. The second-order valence-electron chi connectivity index (χ2n) is 8.56. The van der Waals surface area contributed by atoms with Crippen molar-refractivity contribution in [2.45, 2.75) is 38.6 Å². The quantitative estimate of drug-likeness (QED) is 0.574. The van der Waals surface area contributed by atoms with E-state index in [2.05, 4.69) is 48.4 Å². The molecule has 1 aliphatic heterocycles. The molecule has 1 atom stereocenters. The highest BCUT2D eigenvalue weighted by molar-refractivity contribution is 7.10. The standard InChI is InChI=1S/C25H27N3OS/c1-17-4-3-5-22(14-17)28-13-12-27(15-18(28)2)25(29)21-10-6-19(7-11-21)23-16-30-24(26-23)20-8-9-20/h3-7,10-11,14,16,18,20H,8-9,12-13,15H2,1-2H3. The predicted molar refractivity (Wildman–Crippen MR) is 123 cm³/mol. The molecule has 2 heterocycles. The number of benzene rings is 2. The smallest absolute Gasteiger partial charge is 0.253 e. The highest BCUT2D eigenvalue weighted by Crippen LogP contribution is 2.42. The summed E-state index contributed by atoms with van der Waals surface area (Å²) >= 11 is 1.76. The van der Waals surface area contributed by atoms with Gasteiger partial charge in [0, 0.05) is 53.8 Å². The van der Waals surface area contributed by atoms with Crippen molar-refractivity contribution < 1.29 is 4.79 Å². The van der Waals surface area contributed by atoms with Gasteiger partial charge in [-0.25, -0.2) is 4.98 Å². The minimum absolute atomic E-state index is 0.120. The van der Waals surface area contributed by atoms with Crippen LogP contribution in [0.15, 0.2) is 53.9 Å². The van der Waals surface area contributed by atoms with Crippen LogP contribution < -0.4 is 4.90 Å². The van der Waals surface area contributed by atoms with E-state index in [0.29, 0.717) is 12.0 Å². The van der Waals surface area contributed by atoms with Crippen molar-refractivity contribution in [1.29, 1.82) is 0 Å². The fraction of sp³-hybridized carbons (Fsp3) is 0.360. The first-order valence-electron chi connectivity index (χ1n) is 10.8. The molecule has 154 valence electrons. The van der Waals surface area contributed by atoms with E-state index < -0.39 is 0 Å². The molecule has 1 saturated heterocycles. The molecule has 4 nitrogen and oxygen atoms in total. The van der Waals surface area contributed by atoms with E-state index in [9.17, 15) is 4.79 Å². The van der Waals surface area contributed by atoms with E-state index in [0.717, 1.165) is 36.5 Å². The van der Waals surface area contributed by atoms with Gasteiger partial charge in [-0.1, -0.05) is 24.3 Å². The van der Waals surface area contributed by atoms with Gasteiger partial charge in [0.1, 0.15) is 0 Å². The van der Waals surface area contributed by atoms with E-state index >= 15 is 0 Å².